The molecule has 266 valence electrons. The summed E-state index contributed by atoms with van der Waals surface area (Å²) in [7, 11) is 3.09. The van der Waals surface area contributed by atoms with Gasteiger partial charge in [-0.2, -0.15) is 0 Å². The summed E-state index contributed by atoms with van der Waals surface area (Å²) in [5, 5.41) is 16.0. The molecule has 2 atom stereocenters. The van der Waals surface area contributed by atoms with Gasteiger partial charge in [0.15, 0.2) is 0 Å². The van der Waals surface area contributed by atoms with Crippen molar-refractivity contribution in [2.24, 2.45) is 0 Å². The molecule has 0 aliphatic carbocycles. The van der Waals surface area contributed by atoms with Crippen LogP contribution in [0.4, 0.5) is 5.69 Å². The van der Waals surface area contributed by atoms with Crippen LogP contribution < -0.4 is 36.1 Å². The van der Waals surface area contributed by atoms with Gasteiger partial charge in [-0.25, -0.2) is 4.98 Å². The molecule has 2 saturated heterocycles. The van der Waals surface area contributed by atoms with E-state index in [1.807, 2.05) is 12.1 Å². The van der Waals surface area contributed by atoms with Gasteiger partial charge in [0, 0.05) is 91.8 Å². The molecular weight excluding hydrogens is 695 g/mol. The van der Waals surface area contributed by atoms with E-state index in [4.69, 9.17) is 37.7 Å². The van der Waals surface area contributed by atoms with Crippen LogP contribution in [-0.2, 0) is 22.7 Å². The van der Waals surface area contributed by atoms with E-state index >= 15 is 0 Å². The third-order valence-electron chi connectivity index (χ3n) is 8.78. The van der Waals surface area contributed by atoms with Crippen LogP contribution in [0, 0.1) is 0 Å². The smallest absolute Gasteiger partial charge is 0.274 e. The van der Waals surface area contributed by atoms with Crippen molar-refractivity contribution in [1.82, 2.24) is 36.2 Å². The minimum absolute atomic E-state index is 0.0631. The van der Waals surface area contributed by atoms with Gasteiger partial charge in [0.05, 0.1) is 41.3 Å². The Hall–Kier alpha value is -4.82. The number of amides is 3. The Morgan fingerprint density at radius 1 is 0.863 bits per heavy atom. The number of hydrogen-bond donors (Lipinski definition) is 5. The number of carbonyl (C=O) groups excluding carboxylic acids is 3. The number of aromatic nitrogens is 3. The van der Waals surface area contributed by atoms with Gasteiger partial charge in [0.25, 0.3) is 5.91 Å². The molecule has 13 nitrogen and oxygen atoms in total. The van der Waals surface area contributed by atoms with Crippen LogP contribution in [0.15, 0.2) is 54.9 Å². The maximum Gasteiger partial charge on any atom is 0.274 e. The summed E-state index contributed by atoms with van der Waals surface area (Å²) in [5.41, 5.74) is 4.25. The molecule has 1 aromatic carbocycles. The predicted octanol–water partition coefficient (Wildman–Crippen LogP) is 4.52. The first kappa shape index (κ1) is 36.0. The molecule has 3 aromatic heterocycles. The van der Waals surface area contributed by atoms with Crippen molar-refractivity contribution < 1.29 is 23.9 Å². The van der Waals surface area contributed by atoms with Gasteiger partial charge in [0.1, 0.15) is 11.4 Å². The van der Waals surface area contributed by atoms with E-state index in [0.717, 1.165) is 24.0 Å². The summed E-state index contributed by atoms with van der Waals surface area (Å²) >= 11 is 13.8. The number of halogens is 2. The molecule has 2 aliphatic heterocycles. The van der Waals surface area contributed by atoms with Crippen LogP contribution in [0.3, 0.4) is 0 Å². The van der Waals surface area contributed by atoms with E-state index in [1.54, 1.807) is 49.8 Å². The molecular formula is C36H38Cl2N8O5. The summed E-state index contributed by atoms with van der Waals surface area (Å²) in [6, 6.07) is 12.5. The zero-order valence-electron chi connectivity index (χ0n) is 28.1. The lowest BCUT2D eigenvalue weighted by Crippen LogP contribution is -2.35. The second kappa shape index (κ2) is 16.5. The number of methoxy groups -OCH3 is 2. The zero-order valence-corrected chi connectivity index (χ0v) is 29.7. The molecule has 0 bridgehead atoms. The number of benzene rings is 1. The number of nitrogens with one attached hydrogen (secondary N) is 5. The topological polar surface area (TPSA) is 168 Å². The molecule has 0 saturated carbocycles. The molecule has 2 fully saturated rings. The minimum atomic E-state index is -0.479. The number of carbonyl (C=O) groups is 3. The van der Waals surface area contributed by atoms with Crippen LogP contribution in [0.1, 0.15) is 47.3 Å². The van der Waals surface area contributed by atoms with Crippen molar-refractivity contribution in [2.75, 3.05) is 32.6 Å². The molecule has 5 N–H and O–H groups in total. The second-order valence-electron chi connectivity index (χ2n) is 12.3. The van der Waals surface area contributed by atoms with Crippen molar-refractivity contribution in [2.45, 2.75) is 50.9 Å². The van der Waals surface area contributed by atoms with Crippen molar-refractivity contribution in [1.29, 1.82) is 0 Å². The van der Waals surface area contributed by atoms with E-state index in [0.29, 0.717) is 83.9 Å². The number of rotatable bonds is 14. The summed E-state index contributed by atoms with van der Waals surface area (Å²) in [6.45, 7) is 2.23. The summed E-state index contributed by atoms with van der Waals surface area (Å²) < 4.78 is 11.1. The first-order valence-electron chi connectivity index (χ1n) is 16.6. The van der Waals surface area contributed by atoms with Gasteiger partial charge < -0.3 is 36.1 Å². The first-order valence-corrected chi connectivity index (χ1v) is 17.3. The van der Waals surface area contributed by atoms with Crippen molar-refractivity contribution >= 4 is 46.6 Å². The molecule has 0 spiro atoms. The molecule has 0 unspecified atom stereocenters. The Morgan fingerprint density at radius 3 is 2.22 bits per heavy atom. The summed E-state index contributed by atoms with van der Waals surface area (Å²) in [4.78, 5) is 49.9. The highest BCUT2D eigenvalue weighted by Crippen LogP contribution is 2.40. The van der Waals surface area contributed by atoms with E-state index < -0.39 is 5.91 Å². The first-order chi connectivity index (χ1) is 24.7. The van der Waals surface area contributed by atoms with Crippen molar-refractivity contribution in [3.8, 4) is 34.1 Å². The second-order valence-corrected chi connectivity index (χ2v) is 13.0. The average Bonchev–Trinajstić information content (AvgIpc) is 3.76. The van der Waals surface area contributed by atoms with E-state index in [2.05, 4.69) is 36.6 Å². The molecule has 15 heteroatoms. The van der Waals surface area contributed by atoms with Gasteiger partial charge in [0.2, 0.25) is 17.7 Å². The maximum absolute atomic E-state index is 13.3. The molecule has 3 amide bonds. The summed E-state index contributed by atoms with van der Waals surface area (Å²) in [5.74, 6) is 0.607. The Labute approximate surface area is 305 Å². The Morgan fingerprint density at radius 2 is 1.57 bits per heavy atom. The van der Waals surface area contributed by atoms with Gasteiger partial charge in [-0.1, -0.05) is 41.4 Å². The quantitative estimate of drug-likeness (QED) is 0.124. The Balaban J connectivity index is 1.15. The number of anilines is 1. The lowest BCUT2D eigenvalue weighted by molar-refractivity contribution is -0.120. The largest absolute Gasteiger partial charge is 0.496 e. The van der Waals surface area contributed by atoms with Crippen molar-refractivity contribution in [3.63, 3.8) is 0 Å². The number of pyridine rings is 3. The number of hydrogen-bond acceptors (Lipinski definition) is 10. The number of nitrogens with zero attached hydrogens (tertiary/aromatic N) is 3. The number of ether oxygens (including phenoxy) is 2. The van der Waals surface area contributed by atoms with Gasteiger partial charge in [-0.15, -0.1) is 0 Å². The lowest BCUT2D eigenvalue weighted by Gasteiger charge is -2.15. The molecule has 0 radical (unpaired) electrons. The van der Waals surface area contributed by atoms with Crippen LogP contribution in [0.25, 0.3) is 22.5 Å². The highest BCUT2D eigenvalue weighted by atomic mass is 35.5. The zero-order chi connectivity index (χ0) is 35.9. The Kier molecular flexibility index (Phi) is 11.6. The van der Waals surface area contributed by atoms with Crippen LogP contribution >= 0.6 is 23.2 Å². The SMILES string of the molecule is COc1cc(C(=O)Nc2cccc(-c3nccc(-c4ccc(CNC[C@H]5CCC(=O)N5)c(OC)n4)c3Cl)c2Cl)ncc1CNC[C@@H]1CCC(=O)N1. The third-order valence-corrected chi connectivity index (χ3v) is 9.57. The van der Waals surface area contributed by atoms with Crippen LogP contribution in [0.2, 0.25) is 10.0 Å². The lowest BCUT2D eigenvalue weighted by atomic mass is 10.1. The fraction of sp³-hybridized carbons (Fsp3) is 0.333. The van der Waals surface area contributed by atoms with Gasteiger partial charge in [-0.05, 0) is 31.0 Å². The normalized spacial score (nSPS) is 16.9. The third kappa shape index (κ3) is 8.56. The predicted molar refractivity (Wildman–Crippen MR) is 194 cm³/mol. The molecule has 2 aliphatic rings. The van der Waals surface area contributed by atoms with Crippen molar-refractivity contribution in [3.05, 3.63) is 81.7 Å². The molecule has 4 aromatic rings. The monoisotopic (exact) mass is 732 g/mol. The van der Waals surface area contributed by atoms with Crippen LogP contribution in [0.5, 0.6) is 11.6 Å². The molecule has 51 heavy (non-hydrogen) atoms. The van der Waals surface area contributed by atoms with Gasteiger partial charge >= 0.3 is 0 Å². The highest BCUT2D eigenvalue weighted by molar-refractivity contribution is 6.39. The van der Waals surface area contributed by atoms with Gasteiger partial charge in [-0.3, -0.25) is 24.4 Å². The molecule has 6 rings (SSSR count). The standard InChI is InChI=1S/C36H38Cl2N8O5/c1-50-29-14-28(42-17-21(29)16-40-19-23-8-11-31(48)44-23)35(49)45-27-5-3-4-25(32(27)37)34-33(38)24(12-13-41-34)26-9-6-20(36(46-26)51-2)15-39-18-22-7-10-30(47)43-22/h3-6,9,12-14,17,22-23,39-40H,7-8,10-11,15-16,18-19H2,1-2H3,(H,43,47)(H,44,48)(H,45,49)/t22-,23+/m1/s1. The van der Waals surface area contributed by atoms with Crippen LogP contribution in [-0.4, -0.2) is 72.1 Å². The minimum Gasteiger partial charge on any atom is -0.496 e. The van der Waals surface area contributed by atoms with E-state index in [1.165, 1.54) is 7.11 Å². The highest BCUT2D eigenvalue weighted by Gasteiger charge is 2.23. The van der Waals surface area contributed by atoms with E-state index in [9.17, 15) is 14.4 Å². The fourth-order valence-electron chi connectivity index (χ4n) is 6.09. The fourth-order valence-corrected chi connectivity index (χ4v) is 6.67. The Bertz CT molecular complexity index is 1940. The average molecular weight is 734 g/mol. The molecule has 5 heterocycles. The maximum atomic E-state index is 13.3. The van der Waals surface area contributed by atoms with E-state index in [-0.39, 0.29) is 34.6 Å². The summed E-state index contributed by atoms with van der Waals surface area (Å²) in [6.07, 6.45) is 5.90.